The van der Waals surface area contributed by atoms with Crippen molar-refractivity contribution < 1.29 is 9.59 Å². The van der Waals surface area contributed by atoms with Gasteiger partial charge in [0, 0.05) is 27.9 Å². The van der Waals surface area contributed by atoms with Crippen LogP contribution in [0.5, 0.6) is 0 Å². The standard InChI is InChI=1S/C17H17ClN2O2/c1-11(2)19-16(21)12-6-8-15(9-7-12)20-17(22)13-4-3-5-14(18)10-13/h3-11H,1-2H3,(H,19,21)(H,20,22). The second-order valence-electron chi connectivity index (χ2n) is 5.17. The molecule has 0 unspecified atom stereocenters. The fourth-order valence-electron chi connectivity index (χ4n) is 1.88. The Labute approximate surface area is 134 Å². The molecule has 5 heteroatoms. The van der Waals surface area contributed by atoms with Crippen LogP contribution in [0.3, 0.4) is 0 Å². The molecule has 2 aromatic carbocycles. The molecule has 0 bridgehead atoms. The molecule has 0 atom stereocenters. The number of carbonyl (C=O) groups is 2. The third-order valence-corrected chi connectivity index (χ3v) is 3.15. The van der Waals surface area contributed by atoms with Gasteiger partial charge >= 0.3 is 0 Å². The summed E-state index contributed by atoms with van der Waals surface area (Å²) in [6.07, 6.45) is 0. The zero-order valence-electron chi connectivity index (χ0n) is 12.4. The fraction of sp³-hybridized carbons (Fsp3) is 0.176. The molecule has 0 fully saturated rings. The molecule has 2 aromatic rings. The van der Waals surface area contributed by atoms with E-state index in [1.54, 1.807) is 48.5 Å². The molecule has 22 heavy (non-hydrogen) atoms. The largest absolute Gasteiger partial charge is 0.350 e. The van der Waals surface area contributed by atoms with E-state index in [-0.39, 0.29) is 17.9 Å². The van der Waals surface area contributed by atoms with Crippen molar-refractivity contribution in [3.05, 3.63) is 64.7 Å². The van der Waals surface area contributed by atoms with Crippen LogP contribution < -0.4 is 10.6 Å². The van der Waals surface area contributed by atoms with Crippen molar-refractivity contribution in [2.24, 2.45) is 0 Å². The number of halogens is 1. The SMILES string of the molecule is CC(C)NC(=O)c1ccc(NC(=O)c2cccc(Cl)c2)cc1. The van der Waals surface area contributed by atoms with Crippen LogP contribution in [0, 0.1) is 0 Å². The average molecular weight is 317 g/mol. The smallest absolute Gasteiger partial charge is 0.255 e. The van der Waals surface area contributed by atoms with Gasteiger partial charge in [0.05, 0.1) is 0 Å². The van der Waals surface area contributed by atoms with Crippen LogP contribution in [0.2, 0.25) is 5.02 Å². The Morgan fingerprint density at radius 1 is 0.955 bits per heavy atom. The molecule has 2 amide bonds. The Hall–Kier alpha value is -2.33. The van der Waals surface area contributed by atoms with E-state index in [1.165, 1.54) is 0 Å². The second kappa shape index (κ2) is 7.09. The molecule has 0 aliphatic heterocycles. The number of benzene rings is 2. The van der Waals surface area contributed by atoms with Crippen molar-refractivity contribution in [1.29, 1.82) is 0 Å². The molecule has 2 N–H and O–H groups in total. The summed E-state index contributed by atoms with van der Waals surface area (Å²) in [4.78, 5) is 23.9. The second-order valence-corrected chi connectivity index (χ2v) is 5.61. The Kier molecular flexibility index (Phi) is 5.17. The first-order valence-corrected chi connectivity index (χ1v) is 7.31. The van der Waals surface area contributed by atoms with E-state index in [0.29, 0.717) is 21.8 Å². The van der Waals surface area contributed by atoms with Gasteiger partial charge in [-0.05, 0) is 56.3 Å². The summed E-state index contributed by atoms with van der Waals surface area (Å²) in [5.41, 5.74) is 1.65. The summed E-state index contributed by atoms with van der Waals surface area (Å²) in [6.45, 7) is 3.80. The van der Waals surface area contributed by atoms with Crippen molar-refractivity contribution >= 4 is 29.1 Å². The van der Waals surface area contributed by atoms with Crippen molar-refractivity contribution in [2.75, 3.05) is 5.32 Å². The van der Waals surface area contributed by atoms with E-state index in [4.69, 9.17) is 11.6 Å². The first-order valence-electron chi connectivity index (χ1n) is 6.93. The number of nitrogens with one attached hydrogen (secondary N) is 2. The Bertz CT molecular complexity index is 681. The van der Waals surface area contributed by atoms with E-state index in [2.05, 4.69) is 10.6 Å². The highest BCUT2D eigenvalue weighted by atomic mass is 35.5. The number of amides is 2. The molecule has 0 aliphatic rings. The summed E-state index contributed by atoms with van der Waals surface area (Å²) < 4.78 is 0. The van der Waals surface area contributed by atoms with E-state index < -0.39 is 0 Å². The van der Waals surface area contributed by atoms with Gasteiger partial charge in [-0.25, -0.2) is 0 Å². The van der Waals surface area contributed by atoms with Crippen molar-refractivity contribution in [3.63, 3.8) is 0 Å². The highest BCUT2D eigenvalue weighted by molar-refractivity contribution is 6.31. The van der Waals surface area contributed by atoms with Crippen LogP contribution in [0.4, 0.5) is 5.69 Å². The van der Waals surface area contributed by atoms with Crippen molar-refractivity contribution in [3.8, 4) is 0 Å². The predicted octanol–water partition coefficient (Wildman–Crippen LogP) is 3.73. The van der Waals surface area contributed by atoms with Crippen LogP contribution in [-0.2, 0) is 0 Å². The van der Waals surface area contributed by atoms with Gasteiger partial charge in [-0.15, -0.1) is 0 Å². The minimum Gasteiger partial charge on any atom is -0.350 e. The highest BCUT2D eigenvalue weighted by Crippen LogP contribution is 2.14. The van der Waals surface area contributed by atoms with Crippen LogP contribution >= 0.6 is 11.6 Å². The zero-order valence-corrected chi connectivity index (χ0v) is 13.1. The number of hydrogen-bond acceptors (Lipinski definition) is 2. The van der Waals surface area contributed by atoms with Crippen LogP contribution in [0.25, 0.3) is 0 Å². The maximum atomic E-state index is 12.1. The lowest BCUT2D eigenvalue weighted by Crippen LogP contribution is -2.30. The lowest BCUT2D eigenvalue weighted by Gasteiger charge is -2.09. The number of carbonyl (C=O) groups excluding carboxylic acids is 2. The maximum Gasteiger partial charge on any atom is 0.255 e. The molecular formula is C17H17ClN2O2. The number of hydrogen-bond donors (Lipinski definition) is 2. The van der Waals surface area contributed by atoms with Gasteiger partial charge in [-0.1, -0.05) is 17.7 Å². The van der Waals surface area contributed by atoms with E-state index in [1.807, 2.05) is 13.8 Å². The summed E-state index contributed by atoms with van der Waals surface area (Å²) >= 11 is 5.86. The third-order valence-electron chi connectivity index (χ3n) is 2.91. The first-order chi connectivity index (χ1) is 10.5. The first kappa shape index (κ1) is 16.0. The lowest BCUT2D eigenvalue weighted by molar-refractivity contribution is 0.0942. The zero-order chi connectivity index (χ0) is 16.1. The van der Waals surface area contributed by atoms with Gasteiger partial charge in [-0.2, -0.15) is 0 Å². The Balaban J connectivity index is 2.05. The van der Waals surface area contributed by atoms with Gasteiger partial charge in [0.25, 0.3) is 11.8 Å². The van der Waals surface area contributed by atoms with Crippen molar-refractivity contribution in [1.82, 2.24) is 5.32 Å². The lowest BCUT2D eigenvalue weighted by atomic mass is 10.1. The number of rotatable bonds is 4. The third kappa shape index (κ3) is 4.33. The summed E-state index contributed by atoms with van der Waals surface area (Å²) in [7, 11) is 0. The Morgan fingerprint density at radius 3 is 2.23 bits per heavy atom. The molecule has 0 saturated heterocycles. The van der Waals surface area contributed by atoms with Gasteiger partial charge < -0.3 is 10.6 Å². The minimum absolute atomic E-state index is 0.0784. The molecule has 0 radical (unpaired) electrons. The molecule has 0 aliphatic carbocycles. The molecule has 2 rings (SSSR count). The number of anilines is 1. The maximum absolute atomic E-state index is 12.1. The molecule has 114 valence electrons. The average Bonchev–Trinajstić information content (AvgIpc) is 2.47. The van der Waals surface area contributed by atoms with E-state index >= 15 is 0 Å². The van der Waals surface area contributed by atoms with Crippen LogP contribution in [-0.4, -0.2) is 17.9 Å². The minimum atomic E-state index is -0.248. The molecule has 0 heterocycles. The van der Waals surface area contributed by atoms with Gasteiger partial charge in [0.1, 0.15) is 0 Å². The van der Waals surface area contributed by atoms with Gasteiger partial charge in [0.2, 0.25) is 0 Å². The predicted molar refractivity (Wildman–Crippen MR) is 88.4 cm³/mol. The topological polar surface area (TPSA) is 58.2 Å². The normalized spacial score (nSPS) is 10.4. The quantitative estimate of drug-likeness (QED) is 0.903. The van der Waals surface area contributed by atoms with Crippen molar-refractivity contribution in [2.45, 2.75) is 19.9 Å². The molecular weight excluding hydrogens is 300 g/mol. The Morgan fingerprint density at radius 2 is 1.64 bits per heavy atom. The fourth-order valence-corrected chi connectivity index (χ4v) is 2.07. The summed E-state index contributed by atoms with van der Waals surface area (Å²) in [5, 5.41) is 6.08. The molecule has 0 saturated carbocycles. The van der Waals surface area contributed by atoms with Crippen LogP contribution in [0.15, 0.2) is 48.5 Å². The summed E-state index contributed by atoms with van der Waals surface area (Å²) in [5.74, 6) is -0.385. The molecule has 0 spiro atoms. The van der Waals surface area contributed by atoms with Crippen LogP contribution in [0.1, 0.15) is 34.6 Å². The molecule has 0 aromatic heterocycles. The highest BCUT2D eigenvalue weighted by Gasteiger charge is 2.09. The van der Waals surface area contributed by atoms with E-state index in [0.717, 1.165) is 0 Å². The van der Waals surface area contributed by atoms with Gasteiger partial charge in [0.15, 0.2) is 0 Å². The monoisotopic (exact) mass is 316 g/mol. The van der Waals surface area contributed by atoms with E-state index in [9.17, 15) is 9.59 Å². The summed E-state index contributed by atoms with van der Waals surface area (Å²) in [6, 6.07) is 13.5. The molecule has 4 nitrogen and oxygen atoms in total. The van der Waals surface area contributed by atoms with Gasteiger partial charge in [-0.3, -0.25) is 9.59 Å².